The molecule has 0 N–H and O–H groups in total. The van der Waals surface area contributed by atoms with Gasteiger partial charge in [-0.25, -0.2) is 0 Å². The van der Waals surface area contributed by atoms with Crippen LogP contribution in [0.2, 0.25) is 0 Å². The molecule has 0 saturated heterocycles. The summed E-state index contributed by atoms with van der Waals surface area (Å²) in [6.07, 6.45) is 32.3. The quantitative estimate of drug-likeness (QED) is 0.192. The van der Waals surface area contributed by atoms with E-state index in [-0.39, 0.29) is 5.92 Å². The zero-order chi connectivity index (χ0) is 35.3. The highest BCUT2D eigenvalue weighted by Gasteiger charge is 2.37. The standard InChI is InChI=1S/C52H43N/c1-34-13-8-9-20-43(34)49-32-50-44-28-27-41(30-42(44)31-48(50)45-21-10-11-22-46(45)49)40-19-12-18-39(29-40)35-23-25-36(26-24-35)47-33-51(37-14-4-2-5-15-37)53-52(47)38-16-6-3-7-17-38/h3-4,6-12,14-30,32-34,45-47H,2,5,13,31H2,1H3/t34?,45?,46?,47-/m0/s1. The molecule has 3 unspecified atom stereocenters. The summed E-state index contributed by atoms with van der Waals surface area (Å²) >= 11 is 0. The molecule has 0 fully saturated rings. The van der Waals surface area contributed by atoms with Gasteiger partial charge in [0.15, 0.2) is 0 Å². The van der Waals surface area contributed by atoms with Crippen LogP contribution >= 0.6 is 0 Å². The molecule has 1 aliphatic heterocycles. The van der Waals surface area contributed by atoms with E-state index in [1.165, 1.54) is 66.8 Å². The summed E-state index contributed by atoms with van der Waals surface area (Å²) < 4.78 is 0. The zero-order valence-corrected chi connectivity index (χ0v) is 30.3. The average molecular weight is 682 g/mol. The summed E-state index contributed by atoms with van der Waals surface area (Å²) in [5, 5.41) is 0. The van der Waals surface area contributed by atoms with Crippen molar-refractivity contribution in [3.63, 3.8) is 0 Å². The average Bonchev–Trinajstić information content (AvgIpc) is 3.84. The molecule has 256 valence electrons. The van der Waals surface area contributed by atoms with Crippen LogP contribution in [0.15, 0.2) is 203 Å². The van der Waals surface area contributed by atoms with Gasteiger partial charge in [-0.15, -0.1) is 0 Å². The van der Waals surface area contributed by atoms with E-state index in [2.05, 4.69) is 177 Å². The Morgan fingerprint density at radius 2 is 1.43 bits per heavy atom. The minimum Gasteiger partial charge on any atom is -0.252 e. The summed E-state index contributed by atoms with van der Waals surface area (Å²) in [6, 6.07) is 36.1. The molecule has 0 radical (unpaired) electrons. The molecular weight excluding hydrogens is 639 g/mol. The van der Waals surface area contributed by atoms with Crippen molar-refractivity contribution in [2.75, 3.05) is 0 Å². The molecule has 1 heteroatoms. The lowest BCUT2D eigenvalue weighted by atomic mass is 9.68. The molecule has 6 aliphatic rings. The maximum Gasteiger partial charge on any atom is 0.0672 e. The van der Waals surface area contributed by atoms with Crippen molar-refractivity contribution in [3.8, 4) is 22.3 Å². The van der Waals surface area contributed by atoms with E-state index in [0.717, 1.165) is 37.1 Å². The highest BCUT2D eigenvalue weighted by Crippen LogP contribution is 2.51. The van der Waals surface area contributed by atoms with Gasteiger partial charge >= 0.3 is 0 Å². The Hall–Kier alpha value is -5.79. The van der Waals surface area contributed by atoms with Crippen molar-refractivity contribution >= 4 is 11.3 Å². The fraction of sp³-hybridized carbons (Fsp3) is 0.173. The molecular formula is C52H43N. The van der Waals surface area contributed by atoms with Crippen LogP contribution in [0.25, 0.3) is 27.8 Å². The number of hydrogen-bond donors (Lipinski definition) is 0. The first-order valence-electron chi connectivity index (χ1n) is 19.4. The van der Waals surface area contributed by atoms with Crippen LogP contribution in [0.3, 0.4) is 0 Å². The van der Waals surface area contributed by atoms with Crippen LogP contribution in [0, 0.1) is 17.8 Å². The van der Waals surface area contributed by atoms with Gasteiger partial charge in [0.25, 0.3) is 0 Å². The van der Waals surface area contributed by atoms with E-state index in [0.29, 0.717) is 17.8 Å². The smallest absolute Gasteiger partial charge is 0.0672 e. The highest BCUT2D eigenvalue weighted by molar-refractivity contribution is 6.09. The van der Waals surface area contributed by atoms with Crippen molar-refractivity contribution in [1.82, 2.24) is 0 Å². The van der Waals surface area contributed by atoms with Gasteiger partial charge in [-0.05, 0) is 111 Å². The van der Waals surface area contributed by atoms with E-state index in [4.69, 9.17) is 4.99 Å². The third kappa shape index (κ3) is 5.76. The van der Waals surface area contributed by atoms with Gasteiger partial charge in [-0.3, -0.25) is 4.99 Å². The van der Waals surface area contributed by atoms with Crippen LogP contribution in [-0.4, -0.2) is 5.71 Å². The number of allylic oxidation sites excluding steroid dienone is 16. The Labute approximate surface area is 313 Å². The predicted octanol–water partition coefficient (Wildman–Crippen LogP) is 12.9. The van der Waals surface area contributed by atoms with Crippen molar-refractivity contribution < 1.29 is 0 Å². The molecule has 0 amide bonds. The van der Waals surface area contributed by atoms with Crippen molar-refractivity contribution in [2.24, 2.45) is 22.7 Å². The van der Waals surface area contributed by atoms with Crippen LogP contribution in [0.1, 0.15) is 54.4 Å². The fourth-order valence-corrected chi connectivity index (χ4v) is 9.32. The molecule has 1 heterocycles. The maximum absolute atomic E-state index is 5.20. The van der Waals surface area contributed by atoms with E-state index < -0.39 is 0 Å². The minimum atomic E-state index is 0.121. The molecule has 10 rings (SSSR count). The first kappa shape index (κ1) is 31.9. The SMILES string of the molecule is CC1CC=CC=C1C1=CC2=C(Cc3cc(-c4cccc(-c5ccc([C@@H]6C=C(C7=CCCC=C7)N=C6c6ccccc6)cc5)c4)ccc32)C2C=CC=CC12. The van der Waals surface area contributed by atoms with E-state index >= 15 is 0 Å². The Kier molecular flexibility index (Phi) is 8.02. The normalized spacial score (nSPS) is 23.8. The summed E-state index contributed by atoms with van der Waals surface area (Å²) in [5.74, 6) is 1.52. The second kappa shape index (κ2) is 13.3. The molecule has 0 bridgehead atoms. The van der Waals surface area contributed by atoms with Gasteiger partial charge in [0.2, 0.25) is 0 Å². The summed E-state index contributed by atoms with van der Waals surface area (Å²) in [7, 11) is 0. The third-order valence-corrected chi connectivity index (χ3v) is 12.1. The van der Waals surface area contributed by atoms with Gasteiger partial charge in [-0.1, -0.05) is 170 Å². The van der Waals surface area contributed by atoms with Gasteiger partial charge in [0.05, 0.1) is 11.4 Å². The maximum atomic E-state index is 5.20. The van der Waals surface area contributed by atoms with Crippen LogP contribution in [-0.2, 0) is 6.42 Å². The predicted molar refractivity (Wildman–Crippen MR) is 223 cm³/mol. The summed E-state index contributed by atoms with van der Waals surface area (Å²) in [4.78, 5) is 5.20. The van der Waals surface area contributed by atoms with Crippen molar-refractivity contribution in [3.05, 3.63) is 220 Å². The van der Waals surface area contributed by atoms with Crippen LogP contribution in [0.5, 0.6) is 0 Å². The van der Waals surface area contributed by atoms with Crippen molar-refractivity contribution in [1.29, 1.82) is 0 Å². The summed E-state index contributed by atoms with van der Waals surface area (Å²) in [6.45, 7) is 2.38. The van der Waals surface area contributed by atoms with E-state index in [1.807, 2.05) is 0 Å². The van der Waals surface area contributed by atoms with Gasteiger partial charge in [0.1, 0.15) is 0 Å². The third-order valence-electron chi connectivity index (χ3n) is 12.1. The Bertz CT molecular complexity index is 2450. The fourth-order valence-electron chi connectivity index (χ4n) is 9.32. The van der Waals surface area contributed by atoms with Gasteiger partial charge in [0, 0.05) is 17.8 Å². The summed E-state index contributed by atoms with van der Waals surface area (Å²) in [5.41, 5.74) is 19.8. The number of nitrogens with zero attached hydrogens (tertiary/aromatic N) is 1. The number of rotatable bonds is 6. The zero-order valence-electron chi connectivity index (χ0n) is 30.3. The van der Waals surface area contributed by atoms with E-state index in [1.54, 1.807) is 5.57 Å². The Morgan fingerprint density at radius 1 is 0.660 bits per heavy atom. The van der Waals surface area contributed by atoms with Crippen LogP contribution in [0.4, 0.5) is 0 Å². The molecule has 53 heavy (non-hydrogen) atoms. The Morgan fingerprint density at radius 3 is 2.25 bits per heavy atom. The van der Waals surface area contributed by atoms with E-state index in [9.17, 15) is 0 Å². The monoisotopic (exact) mass is 681 g/mol. The van der Waals surface area contributed by atoms with Gasteiger partial charge < -0.3 is 0 Å². The topological polar surface area (TPSA) is 12.4 Å². The molecule has 0 aromatic heterocycles. The molecule has 4 aromatic carbocycles. The molecule has 5 aliphatic carbocycles. The number of benzene rings is 4. The molecule has 4 aromatic rings. The van der Waals surface area contributed by atoms with Gasteiger partial charge in [-0.2, -0.15) is 0 Å². The second-order valence-electron chi connectivity index (χ2n) is 15.3. The largest absolute Gasteiger partial charge is 0.252 e. The second-order valence-corrected chi connectivity index (χ2v) is 15.3. The number of aliphatic imine (C=N–C) groups is 1. The van der Waals surface area contributed by atoms with Crippen molar-refractivity contribution in [2.45, 2.75) is 38.5 Å². The first-order chi connectivity index (χ1) is 26.2. The lowest BCUT2D eigenvalue weighted by Crippen LogP contribution is -2.24. The first-order valence-corrected chi connectivity index (χ1v) is 19.4. The minimum absolute atomic E-state index is 0.121. The molecule has 4 atom stereocenters. The lowest BCUT2D eigenvalue weighted by molar-refractivity contribution is 0.568. The molecule has 0 saturated carbocycles. The Balaban J connectivity index is 0.934. The molecule has 0 spiro atoms. The lowest BCUT2D eigenvalue weighted by Gasteiger charge is -2.35. The highest BCUT2D eigenvalue weighted by atomic mass is 14.8. The number of hydrogen-bond acceptors (Lipinski definition) is 1. The molecule has 1 nitrogen and oxygen atoms in total. The number of fused-ring (bicyclic) bond motifs is 4. The van der Waals surface area contributed by atoms with Crippen LogP contribution < -0.4 is 0 Å².